The summed E-state index contributed by atoms with van der Waals surface area (Å²) < 4.78 is 0. The first-order valence-corrected chi connectivity index (χ1v) is 10.3. The van der Waals surface area contributed by atoms with Crippen molar-refractivity contribution in [1.29, 1.82) is 0 Å². The van der Waals surface area contributed by atoms with Crippen molar-refractivity contribution < 1.29 is 9.59 Å². The van der Waals surface area contributed by atoms with Gasteiger partial charge in [-0.3, -0.25) is 9.59 Å². The van der Waals surface area contributed by atoms with Crippen LogP contribution in [-0.2, 0) is 29.0 Å². The molecule has 2 heterocycles. The summed E-state index contributed by atoms with van der Waals surface area (Å²) >= 11 is 0. The van der Waals surface area contributed by atoms with Gasteiger partial charge in [0.05, 0.1) is 5.54 Å². The van der Waals surface area contributed by atoms with E-state index in [0.717, 1.165) is 28.5 Å². The molecule has 1 aromatic heterocycles. The number of nitrogens with two attached hydrogens (primary N) is 1. The molecule has 0 aliphatic carbocycles. The summed E-state index contributed by atoms with van der Waals surface area (Å²) in [5.74, 6) is -0.412. The topological polar surface area (TPSA) is 91.2 Å². The lowest BCUT2D eigenvalue weighted by Gasteiger charge is -2.33. The maximum Gasteiger partial charge on any atom is 0.245 e. The first-order chi connectivity index (χ1) is 14.3. The fraction of sp³-hybridized carbons (Fsp3) is 0.333. The summed E-state index contributed by atoms with van der Waals surface area (Å²) in [6.07, 6.45) is 3.14. The van der Waals surface area contributed by atoms with Gasteiger partial charge in [0.15, 0.2) is 0 Å². The van der Waals surface area contributed by atoms with E-state index in [-0.39, 0.29) is 11.8 Å². The highest BCUT2D eigenvalue weighted by Crippen LogP contribution is 2.22. The third kappa shape index (κ3) is 4.09. The number of hydrogen-bond donors (Lipinski definition) is 3. The van der Waals surface area contributed by atoms with Crippen LogP contribution in [0.3, 0.4) is 0 Å². The van der Waals surface area contributed by atoms with Gasteiger partial charge in [0.25, 0.3) is 0 Å². The number of para-hydroxylation sites is 1. The minimum atomic E-state index is -1.06. The van der Waals surface area contributed by atoms with E-state index < -0.39 is 11.6 Å². The molecule has 4 rings (SSSR count). The lowest BCUT2D eigenvalue weighted by molar-refractivity contribution is -0.138. The largest absolute Gasteiger partial charge is 0.361 e. The van der Waals surface area contributed by atoms with E-state index in [0.29, 0.717) is 19.5 Å². The van der Waals surface area contributed by atoms with Crippen molar-refractivity contribution in [2.45, 2.75) is 44.8 Å². The highest BCUT2D eigenvalue weighted by Gasteiger charge is 2.32. The molecule has 4 N–H and O–H groups in total. The molecular formula is C24H28N4O2. The number of nitrogens with zero attached hydrogens (tertiary/aromatic N) is 1. The Balaban J connectivity index is 1.60. The minimum Gasteiger partial charge on any atom is -0.361 e. The molecule has 2 aromatic carbocycles. The first-order valence-electron chi connectivity index (χ1n) is 10.3. The number of aromatic amines is 1. The summed E-state index contributed by atoms with van der Waals surface area (Å²) in [5, 5.41) is 3.97. The third-order valence-corrected chi connectivity index (χ3v) is 5.73. The molecule has 1 atom stereocenters. The maximum absolute atomic E-state index is 13.5. The second kappa shape index (κ2) is 7.95. The molecule has 0 saturated heterocycles. The van der Waals surface area contributed by atoms with Gasteiger partial charge in [-0.25, -0.2) is 0 Å². The molecule has 1 aliphatic rings. The van der Waals surface area contributed by atoms with Crippen LogP contribution in [0.1, 0.15) is 30.5 Å². The molecule has 2 amide bonds. The van der Waals surface area contributed by atoms with Gasteiger partial charge in [-0.2, -0.15) is 0 Å². The average molecular weight is 405 g/mol. The van der Waals surface area contributed by atoms with Gasteiger partial charge in [0, 0.05) is 36.6 Å². The molecule has 0 unspecified atom stereocenters. The van der Waals surface area contributed by atoms with Crippen LogP contribution in [0, 0.1) is 0 Å². The summed E-state index contributed by atoms with van der Waals surface area (Å²) in [6.45, 7) is 4.49. The lowest BCUT2D eigenvalue weighted by atomic mass is 9.97. The Kier molecular flexibility index (Phi) is 5.35. The second-order valence-electron chi connectivity index (χ2n) is 8.59. The molecule has 30 heavy (non-hydrogen) atoms. The average Bonchev–Trinajstić information content (AvgIpc) is 3.14. The number of fused-ring (bicyclic) bond motifs is 2. The van der Waals surface area contributed by atoms with Gasteiger partial charge in [-0.15, -0.1) is 0 Å². The SMILES string of the molecule is CC(C)(N)C(=O)N[C@H](Cc1c[nH]c2ccccc12)C(=O)N1CCc2ccccc2C1. The molecular weight excluding hydrogens is 376 g/mol. The van der Waals surface area contributed by atoms with Crippen molar-refractivity contribution >= 4 is 22.7 Å². The fourth-order valence-corrected chi connectivity index (χ4v) is 3.97. The fourth-order valence-electron chi connectivity index (χ4n) is 3.97. The summed E-state index contributed by atoms with van der Waals surface area (Å²) in [4.78, 5) is 31.2. The zero-order valence-corrected chi connectivity index (χ0v) is 17.4. The Morgan fingerprint density at radius 2 is 1.83 bits per heavy atom. The second-order valence-corrected chi connectivity index (χ2v) is 8.59. The van der Waals surface area contributed by atoms with Crippen molar-refractivity contribution in [3.8, 4) is 0 Å². The molecule has 0 saturated carbocycles. The third-order valence-electron chi connectivity index (χ3n) is 5.73. The normalized spacial score (nSPS) is 15.0. The Morgan fingerprint density at radius 3 is 2.60 bits per heavy atom. The van der Waals surface area contributed by atoms with Crippen LogP contribution in [0.25, 0.3) is 10.9 Å². The van der Waals surface area contributed by atoms with E-state index in [4.69, 9.17) is 5.73 Å². The van der Waals surface area contributed by atoms with E-state index >= 15 is 0 Å². The molecule has 0 radical (unpaired) electrons. The highest BCUT2D eigenvalue weighted by atomic mass is 16.2. The zero-order valence-electron chi connectivity index (χ0n) is 17.4. The Morgan fingerprint density at radius 1 is 1.13 bits per heavy atom. The van der Waals surface area contributed by atoms with E-state index in [2.05, 4.69) is 22.4 Å². The van der Waals surface area contributed by atoms with Crippen molar-refractivity contribution in [3.05, 3.63) is 71.4 Å². The van der Waals surface area contributed by atoms with Gasteiger partial charge in [0.1, 0.15) is 6.04 Å². The number of amides is 2. The van der Waals surface area contributed by atoms with Crippen LogP contribution in [-0.4, -0.2) is 39.8 Å². The number of nitrogens with one attached hydrogen (secondary N) is 2. The van der Waals surface area contributed by atoms with Gasteiger partial charge in [-0.1, -0.05) is 42.5 Å². The summed E-state index contributed by atoms with van der Waals surface area (Å²) in [6, 6.07) is 15.5. The molecule has 156 valence electrons. The van der Waals surface area contributed by atoms with Crippen LogP contribution >= 0.6 is 0 Å². The van der Waals surface area contributed by atoms with Crippen LogP contribution < -0.4 is 11.1 Å². The summed E-state index contributed by atoms with van der Waals surface area (Å²) in [5.41, 5.74) is 9.37. The van der Waals surface area contributed by atoms with Gasteiger partial charge >= 0.3 is 0 Å². The van der Waals surface area contributed by atoms with Crippen molar-refractivity contribution in [2.75, 3.05) is 6.54 Å². The number of hydrogen-bond acceptors (Lipinski definition) is 3. The van der Waals surface area contributed by atoms with Crippen LogP contribution in [0.2, 0.25) is 0 Å². The number of benzene rings is 2. The Labute approximate surface area is 176 Å². The van der Waals surface area contributed by atoms with Crippen molar-refractivity contribution in [1.82, 2.24) is 15.2 Å². The number of carbonyl (C=O) groups excluding carboxylic acids is 2. The standard InChI is InChI=1S/C24H28N4O2/c1-24(2,25)23(30)27-21(13-18-14-26-20-10-6-5-9-19(18)20)22(29)28-12-11-16-7-3-4-8-17(16)15-28/h3-10,14,21,26H,11-13,15,25H2,1-2H3,(H,27,30)/t21-/m1/s1. The quantitative estimate of drug-likeness (QED) is 0.610. The summed E-state index contributed by atoms with van der Waals surface area (Å²) in [7, 11) is 0. The van der Waals surface area contributed by atoms with E-state index in [1.165, 1.54) is 5.56 Å². The smallest absolute Gasteiger partial charge is 0.245 e. The van der Waals surface area contributed by atoms with Crippen LogP contribution in [0.15, 0.2) is 54.7 Å². The first kappa shape index (κ1) is 20.2. The molecule has 6 heteroatoms. The number of aromatic nitrogens is 1. The van der Waals surface area contributed by atoms with Crippen molar-refractivity contribution in [3.63, 3.8) is 0 Å². The maximum atomic E-state index is 13.5. The van der Waals surface area contributed by atoms with E-state index in [1.807, 2.05) is 47.5 Å². The molecule has 0 fully saturated rings. The predicted octanol–water partition coefficient (Wildman–Crippen LogP) is 2.52. The van der Waals surface area contributed by atoms with Crippen LogP contribution in [0.4, 0.5) is 0 Å². The van der Waals surface area contributed by atoms with Gasteiger partial charge in [0.2, 0.25) is 11.8 Å². The van der Waals surface area contributed by atoms with Gasteiger partial charge in [-0.05, 0) is 43.0 Å². The Bertz CT molecular complexity index is 1080. The molecule has 3 aromatic rings. The predicted molar refractivity (Wildman–Crippen MR) is 118 cm³/mol. The molecule has 0 bridgehead atoms. The Hall–Kier alpha value is -3.12. The van der Waals surface area contributed by atoms with Gasteiger partial charge < -0.3 is 20.9 Å². The lowest BCUT2D eigenvalue weighted by Crippen LogP contribution is -2.57. The number of rotatable bonds is 5. The number of H-pyrrole nitrogens is 1. The van der Waals surface area contributed by atoms with E-state index in [9.17, 15) is 9.59 Å². The number of carbonyl (C=O) groups is 2. The van der Waals surface area contributed by atoms with Crippen LogP contribution in [0.5, 0.6) is 0 Å². The monoisotopic (exact) mass is 404 g/mol. The molecule has 6 nitrogen and oxygen atoms in total. The molecule has 1 aliphatic heterocycles. The highest BCUT2D eigenvalue weighted by molar-refractivity contribution is 5.92. The van der Waals surface area contributed by atoms with Crippen molar-refractivity contribution in [2.24, 2.45) is 5.73 Å². The van der Waals surface area contributed by atoms with E-state index in [1.54, 1.807) is 13.8 Å². The minimum absolute atomic E-state index is 0.0765. The zero-order chi connectivity index (χ0) is 21.3. The molecule has 0 spiro atoms.